The van der Waals surface area contributed by atoms with Crippen molar-refractivity contribution in [3.63, 3.8) is 0 Å². The van der Waals surface area contributed by atoms with E-state index in [2.05, 4.69) is 21.2 Å². The second-order valence-electron chi connectivity index (χ2n) is 10.4. The zero-order chi connectivity index (χ0) is 25.5. The van der Waals surface area contributed by atoms with Crippen molar-refractivity contribution < 1.29 is 18.3 Å². The maximum atomic E-state index is 13.2. The normalized spacial score (nSPS) is 27.9. The van der Waals surface area contributed by atoms with Crippen LogP contribution in [0.25, 0.3) is 11.0 Å². The van der Waals surface area contributed by atoms with Crippen LogP contribution >= 0.6 is 0 Å². The zero-order valence-corrected chi connectivity index (χ0v) is 21.3. The third-order valence-electron chi connectivity index (χ3n) is 7.77. The van der Waals surface area contributed by atoms with Crippen LogP contribution in [0.4, 0.5) is 5.95 Å². The molecule has 2 saturated heterocycles. The summed E-state index contributed by atoms with van der Waals surface area (Å²) in [6, 6.07) is 1.19. The van der Waals surface area contributed by atoms with Crippen LogP contribution in [0.2, 0.25) is 0 Å². The van der Waals surface area contributed by atoms with Crippen LogP contribution < -0.4 is 10.9 Å². The monoisotopic (exact) mass is 515 g/mol. The number of ether oxygens (including phenoxy) is 1. The topological polar surface area (TPSA) is 127 Å². The molecule has 2 aliphatic heterocycles. The number of piperidine rings is 1. The quantitative estimate of drug-likeness (QED) is 0.554. The van der Waals surface area contributed by atoms with Gasteiger partial charge in [0.25, 0.3) is 5.56 Å². The van der Waals surface area contributed by atoms with Crippen molar-refractivity contribution in [2.75, 3.05) is 37.4 Å². The summed E-state index contributed by atoms with van der Waals surface area (Å²) in [5.41, 5.74) is -0.728. The Morgan fingerprint density at radius 2 is 2.08 bits per heavy atom. The Morgan fingerprint density at radius 1 is 1.31 bits per heavy atom. The summed E-state index contributed by atoms with van der Waals surface area (Å²) in [5, 5.41) is 14.9. The number of hydrogen-bond donors (Lipinski definition) is 2. The van der Waals surface area contributed by atoms with Gasteiger partial charge in [0.2, 0.25) is 16.0 Å². The molecule has 1 aliphatic carbocycles. The standard InChI is InChI=1S/C25H33N5O5S/c1-3-18-13-19-14-26-24(28-22(19)30(23(18)31)21-5-4-9-25(21,2)32)27-20-6-10-29(11-7-20)36(33,34)16-17-8-12-35-15-17/h1,13-14,17,20-21,32H,4-12,15-16H2,2H3,(H,26,27,28)/t17?,21-,25-/m1/s1. The van der Waals surface area contributed by atoms with Gasteiger partial charge in [0.15, 0.2) is 0 Å². The Morgan fingerprint density at radius 3 is 2.72 bits per heavy atom. The van der Waals surface area contributed by atoms with Crippen molar-refractivity contribution >= 4 is 27.0 Å². The van der Waals surface area contributed by atoms with Gasteiger partial charge in [-0.3, -0.25) is 9.36 Å². The third kappa shape index (κ3) is 4.87. The molecule has 0 aromatic carbocycles. The highest BCUT2D eigenvalue weighted by Gasteiger charge is 2.40. The number of terminal acetylenes is 1. The van der Waals surface area contributed by atoms with E-state index < -0.39 is 21.7 Å². The molecule has 2 aromatic rings. The fourth-order valence-corrected chi connectivity index (χ4v) is 7.54. The highest BCUT2D eigenvalue weighted by Crippen LogP contribution is 2.39. The first-order valence-electron chi connectivity index (χ1n) is 12.6. The number of rotatable bonds is 6. The van der Waals surface area contributed by atoms with Crippen molar-refractivity contribution in [1.82, 2.24) is 18.8 Å². The van der Waals surface area contributed by atoms with Crippen LogP contribution in [-0.4, -0.2) is 76.1 Å². The summed E-state index contributed by atoms with van der Waals surface area (Å²) in [5.74, 6) is 3.03. The van der Waals surface area contributed by atoms with Crippen LogP contribution in [0, 0.1) is 18.3 Å². The van der Waals surface area contributed by atoms with Gasteiger partial charge in [-0.15, -0.1) is 6.42 Å². The minimum absolute atomic E-state index is 0.00320. The zero-order valence-electron chi connectivity index (χ0n) is 20.5. The fraction of sp³-hybridized carbons (Fsp3) is 0.640. The highest BCUT2D eigenvalue weighted by molar-refractivity contribution is 7.89. The maximum Gasteiger partial charge on any atom is 0.268 e. The Labute approximate surface area is 211 Å². The lowest BCUT2D eigenvalue weighted by molar-refractivity contribution is 0.0266. The Kier molecular flexibility index (Phi) is 6.80. The molecule has 194 valence electrons. The lowest BCUT2D eigenvalue weighted by atomic mass is 9.99. The molecule has 1 saturated carbocycles. The van der Waals surface area contributed by atoms with Crippen molar-refractivity contribution in [3.05, 3.63) is 28.2 Å². The lowest BCUT2D eigenvalue weighted by Gasteiger charge is -2.32. The number of hydrogen-bond acceptors (Lipinski definition) is 8. The molecule has 10 nitrogen and oxygen atoms in total. The van der Waals surface area contributed by atoms with Gasteiger partial charge in [-0.2, -0.15) is 4.98 Å². The van der Waals surface area contributed by atoms with Gasteiger partial charge in [0, 0.05) is 37.3 Å². The minimum Gasteiger partial charge on any atom is -0.388 e. The number of aromatic nitrogens is 3. The first-order valence-corrected chi connectivity index (χ1v) is 14.2. The number of nitrogens with zero attached hydrogens (tertiary/aromatic N) is 4. The Hall–Kier alpha value is -2.52. The van der Waals surface area contributed by atoms with E-state index in [1.165, 1.54) is 4.57 Å². The number of pyridine rings is 1. The molecular weight excluding hydrogens is 482 g/mol. The number of sulfonamides is 1. The predicted molar refractivity (Wildman–Crippen MR) is 136 cm³/mol. The first-order chi connectivity index (χ1) is 17.2. The summed E-state index contributed by atoms with van der Waals surface area (Å²) in [4.78, 5) is 22.3. The van der Waals surface area contributed by atoms with Gasteiger partial charge in [-0.25, -0.2) is 17.7 Å². The van der Waals surface area contributed by atoms with Gasteiger partial charge in [-0.05, 0) is 57.4 Å². The summed E-state index contributed by atoms with van der Waals surface area (Å²) >= 11 is 0. The molecule has 0 radical (unpaired) electrons. The molecule has 5 rings (SSSR count). The lowest BCUT2D eigenvalue weighted by Crippen LogP contribution is -2.44. The average Bonchev–Trinajstić information content (AvgIpc) is 3.47. The summed E-state index contributed by atoms with van der Waals surface area (Å²) < 4.78 is 34.1. The van der Waals surface area contributed by atoms with E-state index >= 15 is 0 Å². The average molecular weight is 516 g/mol. The largest absolute Gasteiger partial charge is 0.388 e. The van der Waals surface area contributed by atoms with Gasteiger partial charge >= 0.3 is 0 Å². The number of anilines is 1. The van der Waals surface area contributed by atoms with Crippen molar-refractivity contribution in [3.8, 4) is 12.3 Å². The van der Waals surface area contributed by atoms with Gasteiger partial charge in [0.05, 0.1) is 29.6 Å². The van der Waals surface area contributed by atoms with E-state index in [0.717, 1.165) is 12.8 Å². The van der Waals surface area contributed by atoms with Crippen molar-refractivity contribution in [1.29, 1.82) is 0 Å². The molecule has 0 spiro atoms. The molecule has 0 bridgehead atoms. The van der Waals surface area contributed by atoms with Crippen LogP contribution in [-0.2, 0) is 14.8 Å². The predicted octanol–water partition coefficient (Wildman–Crippen LogP) is 1.49. The molecule has 0 amide bonds. The van der Waals surface area contributed by atoms with E-state index in [4.69, 9.17) is 11.2 Å². The van der Waals surface area contributed by atoms with Crippen molar-refractivity contribution in [2.24, 2.45) is 5.92 Å². The molecular formula is C25H33N5O5S. The second kappa shape index (κ2) is 9.74. The van der Waals surface area contributed by atoms with Crippen LogP contribution in [0.3, 0.4) is 0 Å². The van der Waals surface area contributed by atoms with E-state index in [-0.39, 0.29) is 28.8 Å². The fourth-order valence-electron chi connectivity index (χ4n) is 5.70. The molecule has 4 heterocycles. The molecule has 2 N–H and O–H groups in total. The SMILES string of the molecule is C#Cc1cc2cnc(NC3CCN(S(=O)(=O)CC4CCOC4)CC3)nc2n([C@@H]2CCC[C@@]2(C)O)c1=O. The van der Waals surface area contributed by atoms with Gasteiger partial charge in [0.1, 0.15) is 5.65 Å². The molecule has 2 aromatic heterocycles. The Bertz CT molecular complexity index is 1340. The number of fused-ring (bicyclic) bond motifs is 1. The molecule has 3 atom stereocenters. The third-order valence-corrected chi connectivity index (χ3v) is 9.81. The summed E-state index contributed by atoms with van der Waals surface area (Å²) in [6.07, 6.45) is 11.3. The van der Waals surface area contributed by atoms with Crippen LogP contribution in [0.15, 0.2) is 17.1 Å². The van der Waals surface area contributed by atoms with E-state index in [1.54, 1.807) is 23.5 Å². The van der Waals surface area contributed by atoms with E-state index in [1.807, 2.05) is 0 Å². The molecule has 11 heteroatoms. The molecule has 3 fully saturated rings. The number of aliphatic hydroxyl groups is 1. The summed E-state index contributed by atoms with van der Waals surface area (Å²) in [7, 11) is -3.31. The second-order valence-corrected chi connectivity index (χ2v) is 12.5. The molecule has 3 aliphatic rings. The smallest absolute Gasteiger partial charge is 0.268 e. The van der Waals surface area contributed by atoms with Gasteiger partial charge in [-0.1, -0.05) is 5.92 Å². The molecule has 36 heavy (non-hydrogen) atoms. The van der Waals surface area contributed by atoms with Crippen molar-refractivity contribution in [2.45, 2.75) is 63.1 Å². The van der Waals surface area contributed by atoms with Gasteiger partial charge < -0.3 is 15.2 Å². The summed E-state index contributed by atoms with van der Waals surface area (Å²) in [6.45, 7) is 3.76. The number of nitrogens with one attached hydrogen (secondary N) is 1. The van der Waals surface area contributed by atoms with Crippen LogP contribution in [0.1, 0.15) is 57.1 Å². The minimum atomic E-state index is -3.31. The molecule has 1 unspecified atom stereocenters. The highest BCUT2D eigenvalue weighted by atomic mass is 32.2. The first kappa shape index (κ1) is 25.1. The Balaban J connectivity index is 1.34. The van der Waals surface area contributed by atoms with E-state index in [9.17, 15) is 18.3 Å². The van der Waals surface area contributed by atoms with E-state index in [0.29, 0.717) is 69.0 Å². The maximum absolute atomic E-state index is 13.2. The van der Waals surface area contributed by atoms with Crippen LogP contribution in [0.5, 0.6) is 0 Å².